The Hall–Kier alpha value is -1.60. The number of hydrogen-bond acceptors (Lipinski definition) is 1. The Bertz CT molecular complexity index is 546. The summed E-state index contributed by atoms with van der Waals surface area (Å²) in [4.78, 5) is 0. The monoisotopic (exact) mass is 277 g/mol. The van der Waals surface area contributed by atoms with Gasteiger partial charge in [0.2, 0.25) is 0 Å². The van der Waals surface area contributed by atoms with Crippen molar-refractivity contribution in [1.82, 2.24) is 5.32 Å². The molecule has 1 aliphatic carbocycles. The highest BCUT2D eigenvalue weighted by molar-refractivity contribution is 5.41. The maximum Gasteiger partial charge on any atom is 0.0246 e. The van der Waals surface area contributed by atoms with E-state index in [0.29, 0.717) is 5.92 Å². The van der Waals surface area contributed by atoms with Gasteiger partial charge in [0.1, 0.15) is 0 Å². The molecule has 1 heteroatoms. The molecule has 2 atom stereocenters. The molecule has 2 aromatic rings. The highest BCUT2D eigenvalue weighted by Crippen LogP contribution is 2.51. The van der Waals surface area contributed by atoms with Gasteiger partial charge >= 0.3 is 0 Å². The van der Waals surface area contributed by atoms with Crippen LogP contribution in [0.4, 0.5) is 0 Å². The van der Waals surface area contributed by atoms with E-state index < -0.39 is 0 Å². The smallest absolute Gasteiger partial charge is 0.0246 e. The van der Waals surface area contributed by atoms with E-state index in [1.807, 2.05) is 0 Å². The summed E-state index contributed by atoms with van der Waals surface area (Å²) in [7, 11) is 0. The molecule has 3 aliphatic rings. The van der Waals surface area contributed by atoms with E-state index in [4.69, 9.17) is 0 Å². The lowest BCUT2D eigenvalue weighted by atomic mass is 9.57. The second-order valence-electron chi connectivity index (χ2n) is 6.71. The number of hydrogen-bond donors (Lipinski definition) is 1. The van der Waals surface area contributed by atoms with Gasteiger partial charge in [-0.05, 0) is 55.3 Å². The van der Waals surface area contributed by atoms with Gasteiger partial charge in [-0.1, -0.05) is 60.7 Å². The van der Waals surface area contributed by atoms with Crippen LogP contribution in [-0.4, -0.2) is 13.1 Å². The summed E-state index contributed by atoms with van der Waals surface area (Å²) < 4.78 is 0. The molecule has 1 nitrogen and oxygen atoms in total. The highest BCUT2D eigenvalue weighted by atomic mass is 14.9. The third-order valence-corrected chi connectivity index (χ3v) is 5.63. The Morgan fingerprint density at radius 1 is 0.762 bits per heavy atom. The lowest BCUT2D eigenvalue weighted by molar-refractivity contribution is 0.206. The fourth-order valence-electron chi connectivity index (χ4n) is 4.66. The molecule has 1 N–H and O–H groups in total. The van der Waals surface area contributed by atoms with Gasteiger partial charge in [-0.25, -0.2) is 0 Å². The van der Waals surface area contributed by atoms with Crippen molar-refractivity contribution in [1.29, 1.82) is 0 Å². The van der Waals surface area contributed by atoms with Crippen molar-refractivity contribution in [3.63, 3.8) is 0 Å². The van der Waals surface area contributed by atoms with Gasteiger partial charge in [0.25, 0.3) is 0 Å². The zero-order valence-corrected chi connectivity index (χ0v) is 12.5. The van der Waals surface area contributed by atoms with Crippen LogP contribution < -0.4 is 5.32 Å². The maximum absolute atomic E-state index is 3.70. The van der Waals surface area contributed by atoms with E-state index in [2.05, 4.69) is 66.0 Å². The molecule has 2 heterocycles. The maximum atomic E-state index is 3.70. The molecular formula is C20H23N. The SMILES string of the molecule is c1ccc(C2(c3ccccc3)CC3CCC2CNC3)cc1. The number of rotatable bonds is 2. The van der Waals surface area contributed by atoms with Gasteiger partial charge in [0.05, 0.1) is 0 Å². The van der Waals surface area contributed by atoms with Crippen molar-refractivity contribution < 1.29 is 0 Å². The van der Waals surface area contributed by atoms with Crippen molar-refractivity contribution in [3.05, 3.63) is 71.8 Å². The highest BCUT2D eigenvalue weighted by Gasteiger charge is 2.47. The summed E-state index contributed by atoms with van der Waals surface area (Å²) in [5, 5.41) is 3.70. The zero-order chi connectivity index (χ0) is 14.1. The molecule has 21 heavy (non-hydrogen) atoms. The second kappa shape index (κ2) is 5.31. The minimum absolute atomic E-state index is 0.203. The quantitative estimate of drug-likeness (QED) is 0.875. The predicted octanol–water partition coefficient (Wildman–Crippen LogP) is 3.99. The van der Waals surface area contributed by atoms with E-state index in [-0.39, 0.29) is 5.41 Å². The van der Waals surface area contributed by atoms with Gasteiger partial charge in [-0.15, -0.1) is 0 Å². The lowest BCUT2D eigenvalue weighted by Crippen LogP contribution is -2.42. The minimum atomic E-state index is 0.203. The van der Waals surface area contributed by atoms with Gasteiger partial charge in [0, 0.05) is 5.41 Å². The topological polar surface area (TPSA) is 12.0 Å². The normalized spacial score (nSPS) is 27.2. The Labute approximate surface area is 127 Å². The van der Waals surface area contributed by atoms with Crippen LogP contribution in [0.3, 0.4) is 0 Å². The van der Waals surface area contributed by atoms with Gasteiger partial charge < -0.3 is 5.32 Å². The molecule has 0 aromatic heterocycles. The Morgan fingerprint density at radius 3 is 2.00 bits per heavy atom. The summed E-state index contributed by atoms with van der Waals surface area (Å²) in [5.41, 5.74) is 3.22. The minimum Gasteiger partial charge on any atom is -0.316 e. The summed E-state index contributed by atoms with van der Waals surface area (Å²) in [5.74, 6) is 1.52. The molecule has 0 amide bonds. The van der Waals surface area contributed by atoms with Gasteiger partial charge in [0.15, 0.2) is 0 Å². The average Bonchev–Trinajstić information content (AvgIpc) is 2.91. The van der Waals surface area contributed by atoms with Crippen LogP contribution >= 0.6 is 0 Å². The summed E-state index contributed by atoms with van der Waals surface area (Å²) in [6, 6.07) is 22.4. The van der Waals surface area contributed by atoms with E-state index in [0.717, 1.165) is 12.5 Å². The molecule has 2 unspecified atom stereocenters. The van der Waals surface area contributed by atoms with Crippen LogP contribution in [0, 0.1) is 11.8 Å². The first-order valence-electron chi connectivity index (χ1n) is 8.21. The van der Waals surface area contributed by atoms with Crippen molar-refractivity contribution >= 4 is 0 Å². The zero-order valence-electron chi connectivity index (χ0n) is 12.5. The lowest BCUT2D eigenvalue weighted by Gasteiger charge is -2.46. The van der Waals surface area contributed by atoms with Crippen molar-refractivity contribution in [3.8, 4) is 0 Å². The first kappa shape index (κ1) is 13.1. The first-order chi connectivity index (χ1) is 10.4. The van der Waals surface area contributed by atoms with Gasteiger partial charge in [-0.3, -0.25) is 0 Å². The van der Waals surface area contributed by atoms with Crippen LogP contribution in [0.25, 0.3) is 0 Å². The number of fused-ring (bicyclic) bond motifs is 4. The van der Waals surface area contributed by atoms with Crippen LogP contribution in [0.5, 0.6) is 0 Å². The second-order valence-corrected chi connectivity index (χ2v) is 6.71. The van der Waals surface area contributed by atoms with E-state index in [1.54, 1.807) is 0 Å². The number of nitrogens with one attached hydrogen (secondary N) is 1. The summed E-state index contributed by atoms with van der Waals surface area (Å²) >= 11 is 0. The predicted molar refractivity (Wildman–Crippen MR) is 87.4 cm³/mol. The molecule has 0 radical (unpaired) electrons. The summed E-state index contributed by atoms with van der Waals surface area (Å²) in [6.45, 7) is 2.35. The Balaban J connectivity index is 1.91. The molecule has 2 bridgehead atoms. The molecule has 108 valence electrons. The first-order valence-corrected chi connectivity index (χ1v) is 8.21. The third kappa shape index (κ3) is 2.11. The molecule has 2 saturated heterocycles. The number of benzene rings is 2. The van der Waals surface area contributed by atoms with Crippen molar-refractivity contribution in [2.24, 2.45) is 11.8 Å². The van der Waals surface area contributed by atoms with E-state index in [1.165, 1.54) is 36.9 Å². The fraction of sp³-hybridized carbons (Fsp3) is 0.400. The fourth-order valence-corrected chi connectivity index (χ4v) is 4.66. The summed E-state index contributed by atoms with van der Waals surface area (Å²) in [6.07, 6.45) is 4.03. The average molecular weight is 277 g/mol. The molecule has 5 rings (SSSR count). The molecule has 0 spiro atoms. The Kier molecular flexibility index (Phi) is 3.31. The molecule has 2 aromatic carbocycles. The molecule has 2 aliphatic heterocycles. The van der Waals surface area contributed by atoms with Gasteiger partial charge in [-0.2, -0.15) is 0 Å². The van der Waals surface area contributed by atoms with Crippen LogP contribution in [0.1, 0.15) is 30.4 Å². The largest absolute Gasteiger partial charge is 0.316 e. The van der Waals surface area contributed by atoms with E-state index >= 15 is 0 Å². The standard InChI is InChI=1S/C20H23N/c1-3-7-17(8-4-1)20(18-9-5-2-6-10-18)13-16-11-12-19(20)15-21-14-16/h1-10,16,19,21H,11-15H2. The molecule has 1 saturated carbocycles. The van der Waals surface area contributed by atoms with E-state index in [9.17, 15) is 0 Å². The van der Waals surface area contributed by atoms with Crippen LogP contribution in [0.2, 0.25) is 0 Å². The molecule has 3 fully saturated rings. The van der Waals surface area contributed by atoms with Crippen LogP contribution in [0.15, 0.2) is 60.7 Å². The third-order valence-electron chi connectivity index (χ3n) is 5.63. The van der Waals surface area contributed by atoms with Crippen LogP contribution in [-0.2, 0) is 5.41 Å². The Morgan fingerprint density at radius 2 is 1.38 bits per heavy atom. The van der Waals surface area contributed by atoms with Crippen molar-refractivity contribution in [2.75, 3.05) is 13.1 Å². The molecular weight excluding hydrogens is 254 g/mol. The van der Waals surface area contributed by atoms with Crippen molar-refractivity contribution in [2.45, 2.75) is 24.7 Å².